The maximum atomic E-state index is 12.5. The Kier molecular flexibility index (Phi) is 4.89. The standard InChI is InChI=1S/C16H23N3O4S/c1-24(21,22)18-13-5-11-23-16(12-13)6-9-19(10-7-16)15(20)14-4-2-3-8-17-14/h2-4,8,13,18H,5-7,9-12H2,1H3/t13-/m0/s1. The molecule has 132 valence electrons. The zero-order valence-corrected chi connectivity index (χ0v) is 14.6. The van der Waals surface area contributed by atoms with Crippen LogP contribution in [0.2, 0.25) is 0 Å². The number of carbonyl (C=O) groups is 1. The number of piperidine rings is 1. The number of hydrogen-bond acceptors (Lipinski definition) is 5. The minimum absolute atomic E-state index is 0.0629. The van der Waals surface area contributed by atoms with Gasteiger partial charge in [-0.1, -0.05) is 6.07 Å². The maximum absolute atomic E-state index is 12.5. The highest BCUT2D eigenvalue weighted by molar-refractivity contribution is 7.88. The summed E-state index contributed by atoms with van der Waals surface area (Å²) in [4.78, 5) is 18.4. The Balaban J connectivity index is 1.60. The zero-order chi connectivity index (χ0) is 17.2. The highest BCUT2D eigenvalue weighted by atomic mass is 32.2. The van der Waals surface area contributed by atoms with Gasteiger partial charge < -0.3 is 9.64 Å². The first-order chi connectivity index (χ1) is 11.4. The van der Waals surface area contributed by atoms with Gasteiger partial charge in [-0.15, -0.1) is 0 Å². The molecule has 3 rings (SSSR count). The molecule has 1 amide bonds. The number of rotatable bonds is 3. The Morgan fingerprint density at radius 2 is 2.12 bits per heavy atom. The second-order valence-electron chi connectivity index (χ2n) is 6.62. The van der Waals surface area contributed by atoms with Gasteiger partial charge in [0.1, 0.15) is 5.69 Å². The number of nitrogens with one attached hydrogen (secondary N) is 1. The van der Waals surface area contributed by atoms with Crippen LogP contribution in [0.15, 0.2) is 24.4 Å². The van der Waals surface area contributed by atoms with Gasteiger partial charge in [-0.25, -0.2) is 13.1 Å². The second-order valence-corrected chi connectivity index (χ2v) is 8.40. The molecule has 2 aliphatic rings. The van der Waals surface area contributed by atoms with Gasteiger partial charge >= 0.3 is 0 Å². The number of pyridine rings is 1. The fraction of sp³-hybridized carbons (Fsp3) is 0.625. The van der Waals surface area contributed by atoms with Crippen molar-refractivity contribution in [3.8, 4) is 0 Å². The highest BCUT2D eigenvalue weighted by Gasteiger charge is 2.41. The molecule has 1 N–H and O–H groups in total. The van der Waals surface area contributed by atoms with Crippen molar-refractivity contribution in [1.29, 1.82) is 0 Å². The molecular weight excluding hydrogens is 330 g/mol. The molecule has 2 fully saturated rings. The van der Waals surface area contributed by atoms with Crippen molar-refractivity contribution < 1.29 is 17.9 Å². The lowest BCUT2D eigenvalue weighted by molar-refractivity contribution is -0.113. The molecule has 24 heavy (non-hydrogen) atoms. The van der Waals surface area contributed by atoms with Gasteiger partial charge in [0.05, 0.1) is 11.9 Å². The van der Waals surface area contributed by atoms with Gasteiger partial charge in [0.25, 0.3) is 5.91 Å². The van der Waals surface area contributed by atoms with Crippen molar-refractivity contribution in [2.24, 2.45) is 0 Å². The normalized spacial score (nSPS) is 24.0. The Bertz CT molecular complexity index is 685. The van der Waals surface area contributed by atoms with E-state index in [1.54, 1.807) is 29.3 Å². The van der Waals surface area contributed by atoms with Crippen LogP contribution in [-0.4, -0.2) is 61.8 Å². The monoisotopic (exact) mass is 353 g/mol. The van der Waals surface area contributed by atoms with E-state index in [2.05, 4.69) is 9.71 Å². The lowest BCUT2D eigenvalue weighted by Gasteiger charge is -2.46. The lowest BCUT2D eigenvalue weighted by atomic mass is 9.82. The number of likely N-dealkylation sites (tertiary alicyclic amines) is 1. The van der Waals surface area contributed by atoms with Gasteiger partial charge in [0.15, 0.2) is 0 Å². The average molecular weight is 353 g/mol. The molecule has 7 nitrogen and oxygen atoms in total. The average Bonchev–Trinajstić information content (AvgIpc) is 2.54. The van der Waals surface area contributed by atoms with E-state index < -0.39 is 10.0 Å². The summed E-state index contributed by atoms with van der Waals surface area (Å²) in [5.41, 5.74) is 0.122. The van der Waals surface area contributed by atoms with Gasteiger partial charge in [0.2, 0.25) is 10.0 Å². The first-order valence-electron chi connectivity index (χ1n) is 8.19. The molecular formula is C16H23N3O4S. The number of nitrogens with zero attached hydrogens (tertiary/aromatic N) is 2. The molecule has 0 aliphatic carbocycles. The summed E-state index contributed by atoms with van der Waals surface area (Å²) in [5, 5.41) is 0. The number of aromatic nitrogens is 1. The summed E-state index contributed by atoms with van der Waals surface area (Å²) in [6, 6.07) is 5.21. The van der Waals surface area contributed by atoms with Crippen LogP contribution >= 0.6 is 0 Å². The Labute approximate surface area is 142 Å². The molecule has 2 aliphatic heterocycles. The summed E-state index contributed by atoms with van der Waals surface area (Å²) in [5.74, 6) is -0.0629. The first-order valence-corrected chi connectivity index (χ1v) is 10.1. The summed E-state index contributed by atoms with van der Waals surface area (Å²) in [6.07, 6.45) is 5.58. The van der Waals surface area contributed by atoms with Crippen molar-refractivity contribution in [1.82, 2.24) is 14.6 Å². The third kappa shape index (κ3) is 4.12. The Morgan fingerprint density at radius 1 is 1.38 bits per heavy atom. The van der Waals surface area contributed by atoms with Crippen LogP contribution in [-0.2, 0) is 14.8 Å². The van der Waals surface area contributed by atoms with Crippen LogP contribution in [0.4, 0.5) is 0 Å². The fourth-order valence-corrected chi connectivity index (χ4v) is 4.35. The number of hydrogen-bond donors (Lipinski definition) is 1. The first kappa shape index (κ1) is 17.3. The molecule has 1 spiro atoms. The smallest absolute Gasteiger partial charge is 0.272 e. The van der Waals surface area contributed by atoms with E-state index in [4.69, 9.17) is 4.74 Å². The minimum atomic E-state index is -3.22. The summed E-state index contributed by atoms with van der Waals surface area (Å²) in [7, 11) is -3.22. The molecule has 1 aromatic heterocycles. The summed E-state index contributed by atoms with van der Waals surface area (Å²) in [6.45, 7) is 1.74. The van der Waals surface area contributed by atoms with Crippen LogP contribution in [0.25, 0.3) is 0 Å². The van der Waals surface area contributed by atoms with Crippen LogP contribution in [0.5, 0.6) is 0 Å². The molecule has 8 heteroatoms. The predicted octanol–water partition coefficient (Wildman–Crippen LogP) is 0.785. The van der Waals surface area contributed by atoms with E-state index in [0.717, 1.165) is 0 Å². The van der Waals surface area contributed by atoms with Crippen LogP contribution in [0.1, 0.15) is 36.2 Å². The molecule has 0 radical (unpaired) electrons. The highest BCUT2D eigenvalue weighted by Crippen LogP contribution is 2.35. The number of ether oxygens (including phenoxy) is 1. The molecule has 1 aromatic rings. The summed E-state index contributed by atoms with van der Waals surface area (Å²) < 4.78 is 31.6. The largest absolute Gasteiger partial charge is 0.375 e. The minimum Gasteiger partial charge on any atom is -0.375 e. The fourth-order valence-electron chi connectivity index (χ4n) is 3.55. The third-order valence-electron chi connectivity index (χ3n) is 4.72. The van der Waals surface area contributed by atoms with Crippen molar-refractivity contribution in [2.75, 3.05) is 26.0 Å². The SMILES string of the molecule is CS(=O)(=O)N[C@H]1CCOC2(CCN(C(=O)c3ccccn3)CC2)C1. The quantitative estimate of drug-likeness (QED) is 0.868. The van der Waals surface area contributed by atoms with Crippen LogP contribution in [0.3, 0.4) is 0 Å². The van der Waals surface area contributed by atoms with E-state index in [1.165, 1.54) is 6.26 Å². The van der Waals surface area contributed by atoms with Crippen LogP contribution in [0, 0.1) is 0 Å². The van der Waals surface area contributed by atoms with Crippen molar-refractivity contribution in [3.05, 3.63) is 30.1 Å². The predicted molar refractivity (Wildman–Crippen MR) is 89.1 cm³/mol. The molecule has 0 unspecified atom stereocenters. The number of carbonyl (C=O) groups excluding carboxylic acids is 1. The number of amides is 1. The Morgan fingerprint density at radius 3 is 2.75 bits per heavy atom. The Hall–Kier alpha value is -1.51. The van der Waals surface area contributed by atoms with E-state index in [-0.39, 0.29) is 17.6 Å². The van der Waals surface area contributed by atoms with Crippen molar-refractivity contribution >= 4 is 15.9 Å². The van der Waals surface area contributed by atoms with E-state index >= 15 is 0 Å². The van der Waals surface area contributed by atoms with Gasteiger partial charge in [-0.05, 0) is 37.8 Å². The zero-order valence-electron chi connectivity index (χ0n) is 13.8. The van der Waals surface area contributed by atoms with Crippen LogP contribution < -0.4 is 4.72 Å². The van der Waals surface area contributed by atoms with Crippen molar-refractivity contribution in [2.45, 2.75) is 37.3 Å². The van der Waals surface area contributed by atoms with E-state index in [1.807, 2.05) is 0 Å². The molecule has 1 atom stereocenters. The molecule has 0 saturated carbocycles. The topological polar surface area (TPSA) is 88.6 Å². The van der Waals surface area contributed by atoms with Gasteiger partial charge in [-0.3, -0.25) is 9.78 Å². The maximum Gasteiger partial charge on any atom is 0.272 e. The summed E-state index contributed by atoms with van der Waals surface area (Å²) >= 11 is 0. The third-order valence-corrected chi connectivity index (χ3v) is 5.48. The number of sulfonamides is 1. The van der Waals surface area contributed by atoms with E-state index in [0.29, 0.717) is 51.1 Å². The molecule has 2 saturated heterocycles. The van der Waals surface area contributed by atoms with Gasteiger partial charge in [0, 0.05) is 31.9 Å². The molecule has 0 aromatic carbocycles. The molecule has 0 bridgehead atoms. The van der Waals surface area contributed by atoms with Gasteiger partial charge in [-0.2, -0.15) is 0 Å². The second kappa shape index (κ2) is 6.78. The molecule has 3 heterocycles. The van der Waals surface area contributed by atoms with Crippen molar-refractivity contribution in [3.63, 3.8) is 0 Å². The lowest BCUT2D eigenvalue weighted by Crippen LogP contribution is -2.54. The van der Waals surface area contributed by atoms with E-state index in [9.17, 15) is 13.2 Å².